The van der Waals surface area contributed by atoms with E-state index in [9.17, 15) is 0 Å². The van der Waals surface area contributed by atoms with Crippen molar-refractivity contribution in [3.8, 4) is 0 Å². The smallest absolute Gasteiger partial charge is 0.0438 e. The Morgan fingerprint density at radius 1 is 1.38 bits per heavy atom. The normalized spacial score (nSPS) is 13.1. The third-order valence-corrected chi connectivity index (χ3v) is 3.40. The lowest BCUT2D eigenvalue weighted by atomic mass is 10.0. The van der Waals surface area contributed by atoms with Crippen LogP contribution in [0.15, 0.2) is 18.2 Å². The highest BCUT2D eigenvalue weighted by Crippen LogP contribution is 2.18. The summed E-state index contributed by atoms with van der Waals surface area (Å²) in [7, 11) is 0. The zero-order valence-electron chi connectivity index (χ0n) is 10.3. The first-order valence-electron chi connectivity index (χ1n) is 5.73. The maximum atomic E-state index is 6.07. The molecule has 0 fully saturated rings. The van der Waals surface area contributed by atoms with Crippen molar-refractivity contribution in [1.29, 1.82) is 0 Å². The fourth-order valence-corrected chi connectivity index (χ4v) is 1.87. The minimum atomic E-state index is 0.360. The third kappa shape index (κ3) is 3.48. The van der Waals surface area contributed by atoms with Gasteiger partial charge in [0, 0.05) is 24.2 Å². The Kier molecular flexibility index (Phi) is 5.26. The summed E-state index contributed by atoms with van der Waals surface area (Å²) >= 11 is 6.07. The van der Waals surface area contributed by atoms with Crippen LogP contribution in [0.2, 0.25) is 5.02 Å². The van der Waals surface area contributed by atoms with Gasteiger partial charge in [0.25, 0.3) is 0 Å². The van der Waals surface area contributed by atoms with Gasteiger partial charge in [0.05, 0.1) is 0 Å². The molecule has 1 unspecified atom stereocenters. The van der Waals surface area contributed by atoms with Crippen LogP contribution in [0, 0.1) is 12.8 Å². The maximum absolute atomic E-state index is 6.07. The number of halogens is 1. The summed E-state index contributed by atoms with van der Waals surface area (Å²) in [5, 5.41) is 4.30. The molecule has 2 nitrogen and oxygen atoms in total. The summed E-state index contributed by atoms with van der Waals surface area (Å²) in [5.41, 5.74) is 8.11. The maximum Gasteiger partial charge on any atom is 0.0438 e. The predicted octanol–water partition coefficient (Wildman–Crippen LogP) is 2.72. The van der Waals surface area contributed by atoms with Crippen LogP contribution in [0.1, 0.15) is 25.0 Å². The van der Waals surface area contributed by atoms with Crippen LogP contribution in [0.3, 0.4) is 0 Å². The van der Waals surface area contributed by atoms with Crippen molar-refractivity contribution < 1.29 is 0 Å². The predicted molar refractivity (Wildman–Crippen MR) is 70.7 cm³/mol. The van der Waals surface area contributed by atoms with Crippen LogP contribution in [0.25, 0.3) is 0 Å². The SMILES string of the molecule is Cc1c(Cl)cccc1CNC(CN)C(C)C. The average molecular weight is 241 g/mol. The third-order valence-electron chi connectivity index (χ3n) is 2.99. The van der Waals surface area contributed by atoms with Crippen molar-refractivity contribution in [2.45, 2.75) is 33.4 Å². The van der Waals surface area contributed by atoms with E-state index >= 15 is 0 Å². The summed E-state index contributed by atoms with van der Waals surface area (Å²) in [6.45, 7) is 7.89. The fraction of sp³-hybridized carbons (Fsp3) is 0.538. The van der Waals surface area contributed by atoms with Gasteiger partial charge in [0.2, 0.25) is 0 Å². The minimum absolute atomic E-state index is 0.360. The Hall–Kier alpha value is -0.570. The molecule has 16 heavy (non-hydrogen) atoms. The monoisotopic (exact) mass is 240 g/mol. The molecule has 0 amide bonds. The van der Waals surface area contributed by atoms with E-state index in [-0.39, 0.29) is 0 Å². The molecule has 1 rings (SSSR count). The van der Waals surface area contributed by atoms with Crippen LogP contribution in [-0.2, 0) is 6.54 Å². The highest BCUT2D eigenvalue weighted by Gasteiger charge is 2.11. The molecule has 0 aliphatic carbocycles. The highest BCUT2D eigenvalue weighted by atomic mass is 35.5. The quantitative estimate of drug-likeness (QED) is 0.831. The van der Waals surface area contributed by atoms with Gasteiger partial charge in [-0.2, -0.15) is 0 Å². The van der Waals surface area contributed by atoms with E-state index in [1.54, 1.807) is 0 Å². The van der Waals surface area contributed by atoms with Gasteiger partial charge in [-0.25, -0.2) is 0 Å². The lowest BCUT2D eigenvalue weighted by molar-refractivity contribution is 0.404. The Bertz CT molecular complexity index is 337. The summed E-state index contributed by atoms with van der Waals surface area (Å²) in [4.78, 5) is 0. The van der Waals surface area contributed by atoms with Crippen molar-refractivity contribution in [3.05, 3.63) is 34.3 Å². The van der Waals surface area contributed by atoms with Crippen LogP contribution >= 0.6 is 11.6 Å². The molecule has 90 valence electrons. The molecular formula is C13H21ClN2. The van der Waals surface area contributed by atoms with Gasteiger partial charge in [0.15, 0.2) is 0 Å². The molecule has 0 saturated carbocycles. The average Bonchev–Trinajstić information content (AvgIpc) is 2.24. The molecule has 0 bridgehead atoms. The Morgan fingerprint density at radius 2 is 2.06 bits per heavy atom. The topological polar surface area (TPSA) is 38.0 Å². The van der Waals surface area contributed by atoms with E-state index in [4.69, 9.17) is 17.3 Å². The lowest BCUT2D eigenvalue weighted by Gasteiger charge is -2.21. The highest BCUT2D eigenvalue weighted by molar-refractivity contribution is 6.31. The molecule has 1 aromatic rings. The number of benzene rings is 1. The van der Waals surface area contributed by atoms with Gasteiger partial charge in [-0.1, -0.05) is 37.6 Å². The van der Waals surface area contributed by atoms with Crippen molar-refractivity contribution in [2.24, 2.45) is 11.7 Å². The van der Waals surface area contributed by atoms with Gasteiger partial charge >= 0.3 is 0 Å². The second kappa shape index (κ2) is 6.24. The molecule has 1 aromatic carbocycles. The molecule has 0 heterocycles. The molecule has 0 aliphatic heterocycles. The molecule has 0 saturated heterocycles. The molecule has 1 atom stereocenters. The van der Waals surface area contributed by atoms with E-state index in [1.807, 2.05) is 19.1 Å². The van der Waals surface area contributed by atoms with Gasteiger partial charge in [-0.05, 0) is 30.0 Å². The van der Waals surface area contributed by atoms with Crippen LogP contribution in [0.4, 0.5) is 0 Å². The van der Waals surface area contributed by atoms with Crippen LogP contribution < -0.4 is 11.1 Å². The zero-order valence-corrected chi connectivity index (χ0v) is 11.0. The Balaban J connectivity index is 2.64. The molecule has 0 aromatic heterocycles. The summed E-state index contributed by atoms with van der Waals surface area (Å²) in [6.07, 6.45) is 0. The summed E-state index contributed by atoms with van der Waals surface area (Å²) in [6, 6.07) is 6.36. The number of hydrogen-bond acceptors (Lipinski definition) is 2. The Labute approximate surface area is 103 Å². The van der Waals surface area contributed by atoms with E-state index < -0.39 is 0 Å². The largest absolute Gasteiger partial charge is 0.329 e. The molecule has 0 spiro atoms. The Morgan fingerprint density at radius 3 is 2.62 bits per heavy atom. The van der Waals surface area contributed by atoms with Crippen molar-refractivity contribution >= 4 is 11.6 Å². The van der Waals surface area contributed by atoms with E-state index in [0.717, 1.165) is 17.1 Å². The summed E-state index contributed by atoms with van der Waals surface area (Å²) < 4.78 is 0. The molecule has 0 aliphatic rings. The first-order chi connectivity index (χ1) is 7.56. The first-order valence-corrected chi connectivity index (χ1v) is 6.11. The number of nitrogens with two attached hydrogens (primary N) is 1. The first kappa shape index (κ1) is 13.5. The molecule has 3 N–H and O–H groups in total. The molecule has 0 radical (unpaired) electrons. The zero-order chi connectivity index (χ0) is 12.1. The lowest BCUT2D eigenvalue weighted by Crippen LogP contribution is -2.39. The van der Waals surface area contributed by atoms with Crippen molar-refractivity contribution in [3.63, 3.8) is 0 Å². The van der Waals surface area contributed by atoms with Gasteiger partial charge < -0.3 is 11.1 Å². The van der Waals surface area contributed by atoms with Gasteiger partial charge in [-0.3, -0.25) is 0 Å². The minimum Gasteiger partial charge on any atom is -0.329 e. The second-order valence-corrected chi connectivity index (χ2v) is 4.90. The van der Waals surface area contributed by atoms with E-state index in [0.29, 0.717) is 18.5 Å². The van der Waals surface area contributed by atoms with Crippen LogP contribution in [-0.4, -0.2) is 12.6 Å². The van der Waals surface area contributed by atoms with E-state index in [1.165, 1.54) is 5.56 Å². The number of rotatable bonds is 5. The standard InChI is InChI=1S/C13H21ClN2/c1-9(2)13(7-15)16-8-11-5-4-6-12(14)10(11)3/h4-6,9,13,16H,7-8,15H2,1-3H3. The van der Waals surface area contributed by atoms with Crippen molar-refractivity contribution in [2.75, 3.05) is 6.54 Å². The van der Waals surface area contributed by atoms with Crippen LogP contribution in [0.5, 0.6) is 0 Å². The molecule has 3 heteroatoms. The number of nitrogens with one attached hydrogen (secondary N) is 1. The fourth-order valence-electron chi connectivity index (χ4n) is 1.68. The molecular weight excluding hydrogens is 220 g/mol. The number of hydrogen-bond donors (Lipinski definition) is 2. The van der Waals surface area contributed by atoms with Crippen molar-refractivity contribution in [1.82, 2.24) is 5.32 Å². The van der Waals surface area contributed by atoms with E-state index in [2.05, 4.69) is 25.2 Å². The summed E-state index contributed by atoms with van der Waals surface area (Å²) in [5.74, 6) is 0.546. The van der Waals surface area contributed by atoms with Gasteiger partial charge in [-0.15, -0.1) is 0 Å². The van der Waals surface area contributed by atoms with Gasteiger partial charge in [0.1, 0.15) is 0 Å². The second-order valence-electron chi connectivity index (χ2n) is 4.49.